The molecule has 1 aliphatic rings. The lowest BCUT2D eigenvalue weighted by Gasteiger charge is -2.34. The van der Waals surface area contributed by atoms with Crippen molar-refractivity contribution in [3.63, 3.8) is 0 Å². The molecular formula is C16H26BrN3O2S. The molecule has 1 fully saturated rings. The summed E-state index contributed by atoms with van der Waals surface area (Å²) < 4.78 is 12.1. The van der Waals surface area contributed by atoms with Crippen LogP contribution < -0.4 is 5.32 Å². The van der Waals surface area contributed by atoms with E-state index >= 15 is 0 Å². The molecule has 1 aromatic rings. The van der Waals surface area contributed by atoms with Crippen LogP contribution in [0.3, 0.4) is 0 Å². The third-order valence-electron chi connectivity index (χ3n) is 3.84. The number of likely N-dealkylation sites (tertiary alicyclic amines) is 1. The molecule has 0 atom stereocenters. The highest BCUT2D eigenvalue weighted by Crippen LogP contribution is 2.20. The molecule has 130 valence electrons. The van der Waals surface area contributed by atoms with Gasteiger partial charge in [0.1, 0.15) is 0 Å². The number of guanidine groups is 1. The van der Waals surface area contributed by atoms with E-state index in [1.807, 2.05) is 7.05 Å². The molecule has 0 aliphatic carbocycles. The van der Waals surface area contributed by atoms with E-state index in [-0.39, 0.29) is 0 Å². The van der Waals surface area contributed by atoms with Gasteiger partial charge in [0.05, 0.1) is 12.6 Å². The molecule has 1 aromatic heterocycles. The predicted octanol–water partition coefficient (Wildman–Crippen LogP) is 3.10. The summed E-state index contributed by atoms with van der Waals surface area (Å²) in [4.78, 5) is 8.03. The van der Waals surface area contributed by atoms with Crippen LogP contribution in [0.15, 0.2) is 20.9 Å². The van der Waals surface area contributed by atoms with E-state index in [9.17, 15) is 0 Å². The quantitative estimate of drug-likeness (QED) is 0.431. The van der Waals surface area contributed by atoms with Crippen LogP contribution in [-0.2, 0) is 16.0 Å². The van der Waals surface area contributed by atoms with Gasteiger partial charge in [-0.1, -0.05) is 0 Å². The Labute approximate surface area is 151 Å². The molecular weight excluding hydrogens is 378 g/mol. The molecule has 0 amide bonds. The molecule has 2 heterocycles. The summed E-state index contributed by atoms with van der Waals surface area (Å²) in [5.41, 5.74) is 0. The molecule has 0 bridgehead atoms. The second kappa shape index (κ2) is 10.3. The number of aliphatic imine (C=N–C) groups is 1. The van der Waals surface area contributed by atoms with Gasteiger partial charge in [0.2, 0.25) is 0 Å². The number of halogens is 1. The number of hydrogen-bond acceptors (Lipinski definition) is 4. The summed E-state index contributed by atoms with van der Waals surface area (Å²) in [5.74, 6) is 0.979. The Bertz CT molecular complexity index is 487. The molecule has 0 spiro atoms. The summed E-state index contributed by atoms with van der Waals surface area (Å²) in [7, 11) is 3.58. The van der Waals surface area contributed by atoms with Crippen molar-refractivity contribution < 1.29 is 9.47 Å². The topological polar surface area (TPSA) is 46.1 Å². The van der Waals surface area contributed by atoms with Crippen LogP contribution in [0.4, 0.5) is 0 Å². The Kier molecular flexibility index (Phi) is 8.36. The standard InChI is InChI=1S/C16H26BrN3O2S/c1-18-16(19-11-15-10-13(17)12-23-15)20-6-4-14(5-7-20)22-9-3-8-21-2/h10,12,14H,3-9,11H2,1-2H3,(H,18,19). The van der Waals surface area contributed by atoms with Gasteiger partial charge in [-0.2, -0.15) is 0 Å². The maximum atomic E-state index is 5.91. The van der Waals surface area contributed by atoms with Crippen LogP contribution in [-0.4, -0.2) is 57.4 Å². The normalized spacial score (nSPS) is 16.8. The monoisotopic (exact) mass is 403 g/mol. The van der Waals surface area contributed by atoms with Gasteiger partial charge in [0.15, 0.2) is 5.96 Å². The minimum absolute atomic E-state index is 0.370. The van der Waals surface area contributed by atoms with E-state index in [1.165, 1.54) is 4.88 Å². The molecule has 1 N–H and O–H groups in total. The van der Waals surface area contributed by atoms with Crippen LogP contribution in [0.1, 0.15) is 24.1 Å². The molecule has 0 aromatic carbocycles. The fraction of sp³-hybridized carbons (Fsp3) is 0.688. The second-order valence-electron chi connectivity index (χ2n) is 5.54. The maximum absolute atomic E-state index is 5.91. The second-order valence-corrected chi connectivity index (χ2v) is 7.45. The Hall–Kier alpha value is -0.630. The Morgan fingerprint density at radius 3 is 2.83 bits per heavy atom. The van der Waals surface area contributed by atoms with Crippen molar-refractivity contribution >= 4 is 33.2 Å². The first kappa shape index (κ1) is 18.7. The first-order valence-corrected chi connectivity index (χ1v) is 9.69. The molecule has 0 radical (unpaired) electrons. The van der Waals surface area contributed by atoms with Gasteiger partial charge in [0.25, 0.3) is 0 Å². The summed E-state index contributed by atoms with van der Waals surface area (Å²) in [6.07, 6.45) is 3.45. The van der Waals surface area contributed by atoms with Crippen LogP contribution in [0.5, 0.6) is 0 Å². The molecule has 7 heteroatoms. The van der Waals surface area contributed by atoms with E-state index in [0.717, 1.165) is 62.5 Å². The van der Waals surface area contributed by atoms with Gasteiger partial charge in [-0.15, -0.1) is 11.3 Å². The highest BCUT2D eigenvalue weighted by molar-refractivity contribution is 9.10. The van der Waals surface area contributed by atoms with Crippen molar-refractivity contribution in [2.45, 2.75) is 31.9 Å². The Morgan fingerprint density at radius 2 is 2.22 bits per heavy atom. The Morgan fingerprint density at radius 1 is 1.43 bits per heavy atom. The van der Waals surface area contributed by atoms with Crippen molar-refractivity contribution in [2.24, 2.45) is 4.99 Å². The van der Waals surface area contributed by atoms with Crippen molar-refractivity contribution in [1.82, 2.24) is 10.2 Å². The average molecular weight is 404 g/mol. The van der Waals surface area contributed by atoms with E-state index < -0.39 is 0 Å². The van der Waals surface area contributed by atoms with Crippen molar-refractivity contribution in [1.29, 1.82) is 0 Å². The number of thiophene rings is 1. The number of nitrogens with one attached hydrogen (secondary N) is 1. The Balaban J connectivity index is 1.70. The molecule has 1 aliphatic heterocycles. The number of nitrogens with zero attached hydrogens (tertiary/aromatic N) is 2. The number of methoxy groups -OCH3 is 1. The zero-order valence-electron chi connectivity index (χ0n) is 13.9. The zero-order chi connectivity index (χ0) is 16.5. The molecule has 0 unspecified atom stereocenters. The SMILES string of the molecule is CN=C(NCc1cc(Br)cs1)N1CCC(OCCCOC)CC1. The van der Waals surface area contributed by atoms with Crippen LogP contribution in [0, 0.1) is 0 Å². The largest absolute Gasteiger partial charge is 0.385 e. The van der Waals surface area contributed by atoms with E-state index in [4.69, 9.17) is 9.47 Å². The van der Waals surface area contributed by atoms with Crippen molar-refractivity contribution in [2.75, 3.05) is 40.5 Å². The summed E-state index contributed by atoms with van der Waals surface area (Å²) >= 11 is 5.24. The van der Waals surface area contributed by atoms with Gasteiger partial charge < -0.3 is 19.7 Å². The lowest BCUT2D eigenvalue weighted by Crippen LogP contribution is -2.46. The first-order valence-electron chi connectivity index (χ1n) is 8.02. The minimum Gasteiger partial charge on any atom is -0.385 e. The lowest BCUT2D eigenvalue weighted by molar-refractivity contribution is 0.00990. The third-order valence-corrected chi connectivity index (χ3v) is 5.54. The van der Waals surface area contributed by atoms with E-state index in [0.29, 0.717) is 6.10 Å². The molecule has 2 rings (SSSR count). The van der Waals surface area contributed by atoms with Gasteiger partial charge in [-0.05, 0) is 41.3 Å². The summed E-state index contributed by atoms with van der Waals surface area (Å²) in [6, 6.07) is 2.14. The number of rotatable bonds is 7. The molecule has 0 saturated carbocycles. The third kappa shape index (κ3) is 6.41. The summed E-state index contributed by atoms with van der Waals surface area (Å²) in [6.45, 7) is 4.36. The first-order chi connectivity index (χ1) is 11.2. The van der Waals surface area contributed by atoms with Crippen LogP contribution in [0.25, 0.3) is 0 Å². The van der Waals surface area contributed by atoms with Gasteiger partial charge in [0, 0.05) is 55.2 Å². The van der Waals surface area contributed by atoms with Crippen LogP contribution in [0.2, 0.25) is 0 Å². The predicted molar refractivity (Wildman–Crippen MR) is 99.3 cm³/mol. The molecule has 5 nitrogen and oxygen atoms in total. The van der Waals surface area contributed by atoms with Gasteiger partial charge in [-0.3, -0.25) is 4.99 Å². The van der Waals surface area contributed by atoms with Gasteiger partial charge >= 0.3 is 0 Å². The lowest BCUT2D eigenvalue weighted by atomic mass is 10.1. The van der Waals surface area contributed by atoms with E-state index in [1.54, 1.807) is 18.4 Å². The minimum atomic E-state index is 0.370. The zero-order valence-corrected chi connectivity index (χ0v) is 16.3. The molecule has 23 heavy (non-hydrogen) atoms. The molecule has 1 saturated heterocycles. The number of ether oxygens (including phenoxy) is 2. The smallest absolute Gasteiger partial charge is 0.193 e. The number of piperidine rings is 1. The van der Waals surface area contributed by atoms with Crippen molar-refractivity contribution in [3.05, 3.63) is 20.8 Å². The highest BCUT2D eigenvalue weighted by atomic mass is 79.9. The highest BCUT2D eigenvalue weighted by Gasteiger charge is 2.21. The van der Waals surface area contributed by atoms with Gasteiger partial charge in [-0.25, -0.2) is 0 Å². The maximum Gasteiger partial charge on any atom is 0.193 e. The fourth-order valence-electron chi connectivity index (χ4n) is 2.63. The van der Waals surface area contributed by atoms with Crippen molar-refractivity contribution in [3.8, 4) is 0 Å². The van der Waals surface area contributed by atoms with Crippen LogP contribution >= 0.6 is 27.3 Å². The van der Waals surface area contributed by atoms with E-state index in [2.05, 4.69) is 42.6 Å². The number of hydrogen-bond donors (Lipinski definition) is 1. The average Bonchev–Trinajstić information content (AvgIpc) is 2.99. The summed E-state index contributed by atoms with van der Waals surface area (Å²) in [5, 5.41) is 5.56. The fourth-order valence-corrected chi connectivity index (χ4v) is 4.02.